The maximum atomic E-state index is 11.7. The number of aryl methyl sites for hydroxylation is 1. The summed E-state index contributed by atoms with van der Waals surface area (Å²) in [6, 6.07) is 1.93. The topological polar surface area (TPSA) is 31.2 Å². The van der Waals surface area contributed by atoms with Gasteiger partial charge in [0.25, 0.3) is 0 Å². The molecule has 0 amide bonds. The smallest absolute Gasteiger partial charge is 0.179 e. The molecule has 3 nitrogen and oxygen atoms in total. The average Bonchev–Trinajstić information content (AvgIpc) is 2.69. The zero-order valence-corrected chi connectivity index (χ0v) is 12.9. The fourth-order valence-electron chi connectivity index (χ4n) is 2.17. The molecule has 0 radical (unpaired) electrons. The Morgan fingerprint density at radius 3 is 2.63 bits per heavy atom. The van der Waals surface area contributed by atoms with Crippen molar-refractivity contribution in [3.63, 3.8) is 0 Å². The minimum Gasteiger partial charge on any atom is -0.381 e. The molecule has 0 aromatic carbocycles. The Hall–Kier alpha value is -0.800. The van der Waals surface area contributed by atoms with Gasteiger partial charge in [0.15, 0.2) is 5.78 Å². The van der Waals surface area contributed by atoms with Crippen molar-refractivity contribution in [3.8, 4) is 0 Å². The number of carbonyl (C=O) groups excluding carboxylic acids is 1. The highest BCUT2D eigenvalue weighted by Crippen LogP contribution is 2.16. The molecule has 19 heavy (non-hydrogen) atoms. The van der Waals surface area contributed by atoms with Gasteiger partial charge >= 0.3 is 0 Å². The van der Waals surface area contributed by atoms with Gasteiger partial charge in [-0.1, -0.05) is 13.3 Å². The third kappa shape index (κ3) is 4.66. The van der Waals surface area contributed by atoms with E-state index in [-0.39, 0.29) is 11.7 Å². The Bertz CT molecular complexity index is 413. The predicted molar refractivity (Wildman–Crippen MR) is 79.3 cm³/mol. The van der Waals surface area contributed by atoms with Gasteiger partial charge in [0, 0.05) is 36.7 Å². The van der Waals surface area contributed by atoms with Gasteiger partial charge in [-0.25, -0.2) is 0 Å². The second-order valence-corrected chi connectivity index (χ2v) is 5.08. The Labute approximate surface area is 120 Å². The number of halogens is 1. The highest BCUT2D eigenvalue weighted by molar-refractivity contribution is 6.30. The first-order chi connectivity index (χ1) is 9.11. The van der Waals surface area contributed by atoms with Crippen molar-refractivity contribution in [2.24, 2.45) is 0 Å². The SMILES string of the molecule is CCCCOCCCn1c(C)cc(C(=O)CCl)c1C. The van der Waals surface area contributed by atoms with Gasteiger partial charge in [-0.15, -0.1) is 11.6 Å². The number of hydrogen-bond acceptors (Lipinski definition) is 2. The van der Waals surface area contributed by atoms with E-state index in [1.165, 1.54) is 6.42 Å². The van der Waals surface area contributed by atoms with Crippen LogP contribution in [0.4, 0.5) is 0 Å². The minimum atomic E-state index is 0.000197. The molecule has 0 bridgehead atoms. The van der Waals surface area contributed by atoms with Crippen molar-refractivity contribution in [1.82, 2.24) is 4.57 Å². The van der Waals surface area contributed by atoms with Crippen LogP contribution in [0.3, 0.4) is 0 Å². The molecular formula is C15H24ClNO2. The lowest BCUT2D eigenvalue weighted by Crippen LogP contribution is -2.08. The van der Waals surface area contributed by atoms with Crippen molar-refractivity contribution in [2.75, 3.05) is 19.1 Å². The zero-order chi connectivity index (χ0) is 14.3. The summed E-state index contributed by atoms with van der Waals surface area (Å²) < 4.78 is 7.72. The van der Waals surface area contributed by atoms with Crippen molar-refractivity contribution in [2.45, 2.75) is 46.6 Å². The van der Waals surface area contributed by atoms with E-state index in [4.69, 9.17) is 16.3 Å². The molecule has 1 rings (SSSR count). The van der Waals surface area contributed by atoms with Crippen LogP contribution < -0.4 is 0 Å². The molecule has 0 aliphatic heterocycles. The number of unbranched alkanes of at least 4 members (excludes halogenated alkanes) is 1. The van der Waals surface area contributed by atoms with Crippen LogP contribution in [0.2, 0.25) is 0 Å². The lowest BCUT2D eigenvalue weighted by molar-refractivity contribution is 0.102. The van der Waals surface area contributed by atoms with E-state index in [0.29, 0.717) is 0 Å². The minimum absolute atomic E-state index is 0.000197. The van der Waals surface area contributed by atoms with E-state index in [0.717, 1.165) is 49.6 Å². The molecule has 0 N–H and O–H groups in total. The van der Waals surface area contributed by atoms with Crippen LogP contribution in [0, 0.1) is 13.8 Å². The van der Waals surface area contributed by atoms with Crippen LogP contribution in [-0.4, -0.2) is 29.4 Å². The van der Waals surface area contributed by atoms with E-state index < -0.39 is 0 Å². The van der Waals surface area contributed by atoms with E-state index in [1.807, 2.05) is 19.9 Å². The first kappa shape index (κ1) is 16.3. The van der Waals surface area contributed by atoms with Crippen molar-refractivity contribution in [3.05, 3.63) is 23.0 Å². The maximum Gasteiger partial charge on any atom is 0.179 e. The van der Waals surface area contributed by atoms with Gasteiger partial charge in [-0.3, -0.25) is 4.79 Å². The molecule has 1 aromatic heterocycles. The zero-order valence-electron chi connectivity index (χ0n) is 12.2. The Morgan fingerprint density at radius 2 is 2.00 bits per heavy atom. The van der Waals surface area contributed by atoms with Crippen LogP contribution in [0.15, 0.2) is 6.07 Å². The first-order valence-electron chi connectivity index (χ1n) is 6.95. The molecule has 0 saturated carbocycles. The Kier molecular flexibility index (Phi) is 7.17. The fourth-order valence-corrected chi connectivity index (χ4v) is 2.32. The monoisotopic (exact) mass is 285 g/mol. The summed E-state index contributed by atoms with van der Waals surface area (Å²) in [5.41, 5.74) is 2.87. The second-order valence-electron chi connectivity index (χ2n) is 4.81. The Balaban J connectivity index is 2.50. The fraction of sp³-hybridized carbons (Fsp3) is 0.667. The number of ether oxygens (including phenoxy) is 1. The normalized spacial score (nSPS) is 10.9. The van der Waals surface area contributed by atoms with Gasteiger partial charge < -0.3 is 9.30 Å². The quantitative estimate of drug-likeness (QED) is 0.393. The largest absolute Gasteiger partial charge is 0.381 e. The standard InChI is InChI=1S/C15H24ClNO2/c1-4-5-8-19-9-6-7-17-12(2)10-14(13(17)3)15(18)11-16/h10H,4-9,11H2,1-3H3. The number of nitrogens with zero attached hydrogens (tertiary/aromatic N) is 1. The molecule has 0 aliphatic rings. The summed E-state index contributed by atoms with van der Waals surface area (Å²) in [5, 5.41) is 0. The van der Waals surface area contributed by atoms with Crippen LogP contribution in [-0.2, 0) is 11.3 Å². The highest BCUT2D eigenvalue weighted by atomic mass is 35.5. The third-order valence-corrected chi connectivity index (χ3v) is 3.55. The lowest BCUT2D eigenvalue weighted by Gasteiger charge is -2.10. The molecule has 0 spiro atoms. The number of carbonyl (C=O) groups is 1. The van der Waals surface area contributed by atoms with Crippen molar-refractivity contribution < 1.29 is 9.53 Å². The van der Waals surface area contributed by atoms with Crippen LogP contribution >= 0.6 is 11.6 Å². The van der Waals surface area contributed by atoms with E-state index in [1.54, 1.807) is 0 Å². The number of alkyl halides is 1. The summed E-state index contributed by atoms with van der Waals surface area (Å²) in [5.74, 6) is 0.0463. The average molecular weight is 286 g/mol. The van der Waals surface area contributed by atoms with Gasteiger partial charge in [0.1, 0.15) is 0 Å². The molecule has 0 atom stereocenters. The maximum absolute atomic E-state index is 11.7. The number of Topliss-reactive ketones (excluding diaryl/α,β-unsaturated/α-hetero) is 1. The van der Waals surface area contributed by atoms with E-state index in [2.05, 4.69) is 11.5 Å². The Morgan fingerprint density at radius 1 is 1.32 bits per heavy atom. The van der Waals surface area contributed by atoms with E-state index >= 15 is 0 Å². The predicted octanol–water partition coefficient (Wildman–Crippen LogP) is 3.73. The number of aromatic nitrogens is 1. The molecule has 1 aromatic rings. The molecule has 108 valence electrons. The highest BCUT2D eigenvalue weighted by Gasteiger charge is 2.14. The van der Waals surface area contributed by atoms with Crippen molar-refractivity contribution >= 4 is 17.4 Å². The summed E-state index contributed by atoms with van der Waals surface area (Å²) in [4.78, 5) is 11.7. The number of rotatable bonds is 9. The van der Waals surface area contributed by atoms with Gasteiger partial charge in [-0.2, -0.15) is 0 Å². The molecule has 0 aliphatic carbocycles. The number of ketones is 1. The van der Waals surface area contributed by atoms with Crippen LogP contribution in [0.25, 0.3) is 0 Å². The first-order valence-corrected chi connectivity index (χ1v) is 7.48. The van der Waals surface area contributed by atoms with E-state index in [9.17, 15) is 4.79 Å². The van der Waals surface area contributed by atoms with Crippen LogP contribution in [0.1, 0.15) is 47.9 Å². The van der Waals surface area contributed by atoms with Gasteiger partial charge in [-0.05, 0) is 32.8 Å². The van der Waals surface area contributed by atoms with Gasteiger partial charge in [0.2, 0.25) is 0 Å². The summed E-state index contributed by atoms with van der Waals surface area (Å²) in [6.45, 7) is 8.66. The summed E-state index contributed by atoms with van der Waals surface area (Å²) >= 11 is 5.62. The number of hydrogen-bond donors (Lipinski definition) is 0. The molecule has 0 saturated heterocycles. The lowest BCUT2D eigenvalue weighted by atomic mass is 10.2. The third-order valence-electron chi connectivity index (χ3n) is 3.31. The van der Waals surface area contributed by atoms with Crippen molar-refractivity contribution in [1.29, 1.82) is 0 Å². The summed E-state index contributed by atoms with van der Waals surface area (Å²) in [6.07, 6.45) is 3.25. The second kappa shape index (κ2) is 8.39. The molecule has 0 fully saturated rings. The molecule has 1 heterocycles. The molecule has 0 unspecified atom stereocenters. The van der Waals surface area contributed by atoms with Gasteiger partial charge in [0.05, 0.1) is 5.88 Å². The molecular weight excluding hydrogens is 262 g/mol. The van der Waals surface area contributed by atoms with Crippen LogP contribution in [0.5, 0.6) is 0 Å². The molecule has 4 heteroatoms. The summed E-state index contributed by atoms with van der Waals surface area (Å²) in [7, 11) is 0.